The molecule has 0 radical (unpaired) electrons. The van der Waals surface area contributed by atoms with Crippen LogP contribution in [0.4, 0.5) is 17.3 Å². The molecule has 2 aliphatic rings. The summed E-state index contributed by atoms with van der Waals surface area (Å²) in [6, 6.07) is 14.7. The number of hydrogen-bond donors (Lipinski definition) is 2. The molecule has 1 fully saturated rings. The summed E-state index contributed by atoms with van der Waals surface area (Å²) in [5, 5.41) is 5.94. The van der Waals surface area contributed by atoms with E-state index in [0.29, 0.717) is 43.1 Å². The van der Waals surface area contributed by atoms with E-state index in [1.54, 1.807) is 24.3 Å². The van der Waals surface area contributed by atoms with Gasteiger partial charge in [-0.1, -0.05) is 12.6 Å². The second kappa shape index (κ2) is 9.90. The van der Waals surface area contributed by atoms with E-state index in [1.165, 1.54) is 6.08 Å². The minimum Gasteiger partial charge on any atom is -0.488 e. The lowest BCUT2D eigenvalue weighted by atomic mass is 10.2. The van der Waals surface area contributed by atoms with Gasteiger partial charge in [0.1, 0.15) is 17.6 Å². The van der Waals surface area contributed by atoms with Crippen molar-refractivity contribution in [1.29, 1.82) is 0 Å². The van der Waals surface area contributed by atoms with Crippen molar-refractivity contribution in [1.82, 2.24) is 9.97 Å². The first-order valence-corrected chi connectivity index (χ1v) is 11.0. The number of rotatable bonds is 8. The molecular formula is C25H24N4O5. The first-order chi connectivity index (χ1) is 16.7. The highest BCUT2D eigenvalue weighted by Gasteiger charge is 2.22. The summed E-state index contributed by atoms with van der Waals surface area (Å²) in [6.45, 7) is 5.58. The molecule has 3 aromatic rings. The van der Waals surface area contributed by atoms with E-state index < -0.39 is 0 Å². The summed E-state index contributed by atoms with van der Waals surface area (Å²) in [4.78, 5) is 20.8. The zero-order chi connectivity index (χ0) is 23.3. The molecule has 1 aromatic heterocycles. The SMILES string of the molecule is C=CC(=O)Nc1cccc(Oc2nc(Nc3ccc(OC4CCOC4)cc3)nc3c2COC3)c1. The molecule has 0 saturated carbocycles. The van der Waals surface area contributed by atoms with Crippen LogP contribution < -0.4 is 20.1 Å². The molecule has 9 heteroatoms. The molecule has 0 aliphatic carbocycles. The van der Waals surface area contributed by atoms with Crippen molar-refractivity contribution in [3.63, 3.8) is 0 Å². The van der Waals surface area contributed by atoms with Gasteiger partial charge < -0.3 is 29.6 Å². The third-order valence-electron chi connectivity index (χ3n) is 5.34. The number of amides is 1. The second-order valence-corrected chi connectivity index (χ2v) is 7.85. The Kier molecular flexibility index (Phi) is 6.37. The van der Waals surface area contributed by atoms with E-state index in [4.69, 9.17) is 18.9 Å². The summed E-state index contributed by atoms with van der Waals surface area (Å²) in [6.07, 6.45) is 2.21. The number of fused-ring (bicyclic) bond motifs is 1. The van der Waals surface area contributed by atoms with Crippen LogP contribution in [0.2, 0.25) is 0 Å². The van der Waals surface area contributed by atoms with Gasteiger partial charge in [0.25, 0.3) is 0 Å². The number of nitrogens with zero attached hydrogens (tertiary/aromatic N) is 2. The topological polar surface area (TPSA) is 104 Å². The summed E-state index contributed by atoms with van der Waals surface area (Å²) in [5.74, 6) is 1.81. The summed E-state index contributed by atoms with van der Waals surface area (Å²) in [5.41, 5.74) is 2.97. The van der Waals surface area contributed by atoms with Crippen molar-refractivity contribution >= 4 is 23.2 Å². The highest BCUT2D eigenvalue weighted by molar-refractivity contribution is 5.98. The Balaban J connectivity index is 1.32. The quantitative estimate of drug-likeness (QED) is 0.479. The first kappa shape index (κ1) is 21.9. The third-order valence-corrected chi connectivity index (χ3v) is 5.34. The molecule has 174 valence electrons. The largest absolute Gasteiger partial charge is 0.488 e. The summed E-state index contributed by atoms with van der Waals surface area (Å²) in [7, 11) is 0. The molecule has 0 bridgehead atoms. The van der Waals surface area contributed by atoms with Crippen LogP contribution in [-0.2, 0) is 27.5 Å². The lowest BCUT2D eigenvalue weighted by Gasteiger charge is -2.14. The smallest absolute Gasteiger partial charge is 0.247 e. The second-order valence-electron chi connectivity index (χ2n) is 7.85. The fraction of sp³-hybridized carbons (Fsp3) is 0.240. The predicted octanol–water partition coefficient (Wildman–Crippen LogP) is 4.33. The number of nitrogens with one attached hydrogen (secondary N) is 2. The first-order valence-electron chi connectivity index (χ1n) is 11.0. The van der Waals surface area contributed by atoms with Gasteiger partial charge in [-0.3, -0.25) is 4.79 Å². The van der Waals surface area contributed by atoms with E-state index in [1.807, 2.05) is 24.3 Å². The Hall–Kier alpha value is -3.95. The average molecular weight is 460 g/mol. The van der Waals surface area contributed by atoms with Gasteiger partial charge in [0.15, 0.2) is 0 Å². The van der Waals surface area contributed by atoms with E-state index in [-0.39, 0.29) is 12.0 Å². The standard InChI is InChI=1S/C25H24N4O5/c1-2-23(30)26-17-4-3-5-19(12-17)34-24-21-14-32-15-22(21)28-25(29-24)27-16-6-8-18(9-7-16)33-20-10-11-31-13-20/h2-9,12,20H,1,10-11,13-15H2,(H,26,30)(H,27,28,29). The zero-order valence-corrected chi connectivity index (χ0v) is 18.5. The molecular weight excluding hydrogens is 436 g/mol. The normalized spacial score (nSPS) is 16.5. The maximum Gasteiger partial charge on any atom is 0.247 e. The van der Waals surface area contributed by atoms with Crippen molar-refractivity contribution in [2.45, 2.75) is 25.7 Å². The molecule has 1 saturated heterocycles. The van der Waals surface area contributed by atoms with Gasteiger partial charge in [-0.15, -0.1) is 0 Å². The van der Waals surface area contributed by atoms with Crippen LogP contribution in [0.1, 0.15) is 17.7 Å². The zero-order valence-electron chi connectivity index (χ0n) is 18.5. The van der Waals surface area contributed by atoms with E-state index >= 15 is 0 Å². The Labute approximate surface area is 196 Å². The van der Waals surface area contributed by atoms with Crippen molar-refractivity contribution in [3.8, 4) is 17.4 Å². The lowest BCUT2D eigenvalue weighted by molar-refractivity contribution is -0.111. The number of ether oxygens (including phenoxy) is 4. The van der Waals surface area contributed by atoms with Gasteiger partial charge in [0.2, 0.25) is 17.7 Å². The number of aromatic nitrogens is 2. The molecule has 1 amide bonds. The molecule has 3 heterocycles. The van der Waals surface area contributed by atoms with Crippen molar-refractivity contribution in [2.24, 2.45) is 0 Å². The minimum atomic E-state index is -0.298. The number of anilines is 3. The molecule has 0 spiro atoms. The lowest BCUT2D eigenvalue weighted by Crippen LogP contribution is -2.15. The monoisotopic (exact) mass is 460 g/mol. The van der Waals surface area contributed by atoms with Crippen molar-refractivity contribution < 1.29 is 23.7 Å². The van der Waals surface area contributed by atoms with Gasteiger partial charge in [0.05, 0.1) is 37.7 Å². The fourth-order valence-electron chi connectivity index (χ4n) is 3.65. The maximum absolute atomic E-state index is 11.6. The molecule has 1 unspecified atom stereocenters. The predicted molar refractivity (Wildman–Crippen MR) is 125 cm³/mol. The molecule has 5 rings (SSSR count). The van der Waals surface area contributed by atoms with Gasteiger partial charge in [-0.05, 0) is 42.5 Å². The number of hydrogen-bond acceptors (Lipinski definition) is 8. The van der Waals surface area contributed by atoms with Crippen LogP contribution in [0.3, 0.4) is 0 Å². The van der Waals surface area contributed by atoms with Crippen LogP contribution in [0.15, 0.2) is 61.2 Å². The van der Waals surface area contributed by atoms with Gasteiger partial charge >= 0.3 is 0 Å². The average Bonchev–Trinajstić information content (AvgIpc) is 3.53. The van der Waals surface area contributed by atoms with E-state index in [9.17, 15) is 4.79 Å². The number of benzene rings is 2. The van der Waals surface area contributed by atoms with Gasteiger partial charge in [0, 0.05) is 23.9 Å². The molecule has 2 aliphatic heterocycles. The van der Waals surface area contributed by atoms with E-state index in [0.717, 1.165) is 35.7 Å². The Morgan fingerprint density at radius 1 is 1.06 bits per heavy atom. The van der Waals surface area contributed by atoms with Crippen LogP contribution >= 0.6 is 0 Å². The fourth-order valence-corrected chi connectivity index (χ4v) is 3.65. The van der Waals surface area contributed by atoms with Crippen LogP contribution in [0.5, 0.6) is 17.4 Å². The number of carbonyl (C=O) groups excluding carboxylic acids is 1. The summed E-state index contributed by atoms with van der Waals surface area (Å²) < 4.78 is 22.9. The van der Waals surface area contributed by atoms with Crippen LogP contribution in [-0.4, -0.2) is 35.2 Å². The third kappa shape index (κ3) is 5.16. The van der Waals surface area contributed by atoms with E-state index in [2.05, 4.69) is 27.2 Å². The van der Waals surface area contributed by atoms with Crippen LogP contribution in [0.25, 0.3) is 0 Å². The Morgan fingerprint density at radius 3 is 2.74 bits per heavy atom. The highest BCUT2D eigenvalue weighted by Crippen LogP contribution is 2.33. The minimum absolute atomic E-state index is 0.0992. The number of carbonyl (C=O) groups is 1. The van der Waals surface area contributed by atoms with Crippen molar-refractivity contribution in [3.05, 3.63) is 72.4 Å². The Bertz CT molecular complexity index is 1190. The van der Waals surface area contributed by atoms with Gasteiger partial charge in [-0.25, -0.2) is 4.98 Å². The molecule has 2 N–H and O–H groups in total. The van der Waals surface area contributed by atoms with Crippen LogP contribution in [0, 0.1) is 0 Å². The maximum atomic E-state index is 11.6. The summed E-state index contributed by atoms with van der Waals surface area (Å²) >= 11 is 0. The molecule has 2 aromatic carbocycles. The Morgan fingerprint density at radius 2 is 1.94 bits per heavy atom. The van der Waals surface area contributed by atoms with Crippen molar-refractivity contribution in [2.75, 3.05) is 23.8 Å². The highest BCUT2D eigenvalue weighted by atomic mass is 16.5. The molecule has 1 atom stereocenters. The molecule has 9 nitrogen and oxygen atoms in total. The molecule has 34 heavy (non-hydrogen) atoms. The van der Waals surface area contributed by atoms with Gasteiger partial charge in [-0.2, -0.15) is 4.98 Å².